The number of nitrogens with one attached hydrogen (secondary N) is 2. The summed E-state index contributed by atoms with van der Waals surface area (Å²) >= 11 is 0. The van der Waals surface area contributed by atoms with Gasteiger partial charge in [0.25, 0.3) is 11.8 Å². The Kier molecular flexibility index (Phi) is 3.76. The molecule has 0 aliphatic carbocycles. The van der Waals surface area contributed by atoms with Crippen molar-refractivity contribution in [3.8, 4) is 5.75 Å². The van der Waals surface area contributed by atoms with Gasteiger partial charge in [0.2, 0.25) is 0 Å². The van der Waals surface area contributed by atoms with Crippen molar-refractivity contribution in [1.82, 2.24) is 5.32 Å². The molecule has 0 fully saturated rings. The lowest BCUT2D eigenvalue weighted by atomic mass is 9.91. The summed E-state index contributed by atoms with van der Waals surface area (Å²) in [6, 6.07) is 9.41. The minimum absolute atomic E-state index is 0.00679. The van der Waals surface area contributed by atoms with Crippen LogP contribution in [0.25, 0.3) is 11.1 Å². The number of ether oxygens (including phenoxy) is 1. The van der Waals surface area contributed by atoms with Gasteiger partial charge in [0.15, 0.2) is 6.61 Å². The van der Waals surface area contributed by atoms with E-state index in [4.69, 9.17) is 4.74 Å². The highest BCUT2D eigenvalue weighted by Gasteiger charge is 2.32. The molecule has 2 aliphatic rings. The smallest absolute Gasteiger partial charge is 0.262 e. The summed E-state index contributed by atoms with van der Waals surface area (Å²) < 4.78 is 18.8. The highest BCUT2D eigenvalue weighted by Crippen LogP contribution is 2.39. The van der Waals surface area contributed by atoms with Crippen molar-refractivity contribution in [3.05, 3.63) is 58.9 Å². The molecule has 0 saturated carbocycles. The number of hydrogen-bond donors (Lipinski definition) is 2. The van der Waals surface area contributed by atoms with Gasteiger partial charge >= 0.3 is 0 Å². The molecule has 1 unspecified atom stereocenters. The number of benzene rings is 2. The lowest BCUT2D eigenvalue weighted by Crippen LogP contribution is -2.26. The van der Waals surface area contributed by atoms with E-state index in [-0.39, 0.29) is 30.3 Å². The minimum Gasteiger partial charge on any atom is -0.481 e. The summed E-state index contributed by atoms with van der Waals surface area (Å²) in [5, 5.41) is 5.72. The van der Waals surface area contributed by atoms with Gasteiger partial charge in [-0.3, -0.25) is 9.59 Å². The van der Waals surface area contributed by atoms with Crippen molar-refractivity contribution in [3.63, 3.8) is 0 Å². The Morgan fingerprint density at radius 3 is 2.58 bits per heavy atom. The quantitative estimate of drug-likeness (QED) is 0.873. The SMILES string of the molecule is Cc1cc(C2=C(c3ccc(F)cc3)C(=O)NC2C)cc2c1OCC(=O)N2. The first kappa shape index (κ1) is 16.3. The van der Waals surface area contributed by atoms with E-state index in [1.165, 1.54) is 12.1 Å². The molecule has 0 spiro atoms. The zero-order valence-electron chi connectivity index (χ0n) is 14.4. The van der Waals surface area contributed by atoms with E-state index in [1.54, 1.807) is 12.1 Å². The van der Waals surface area contributed by atoms with E-state index in [1.807, 2.05) is 26.0 Å². The molecule has 2 amide bonds. The number of carbonyl (C=O) groups excluding carboxylic acids is 2. The third kappa shape index (κ3) is 2.63. The van der Waals surface area contributed by atoms with Crippen molar-refractivity contribution < 1.29 is 18.7 Å². The van der Waals surface area contributed by atoms with E-state index in [0.717, 1.165) is 16.7 Å². The number of carbonyl (C=O) groups is 2. The molecule has 0 radical (unpaired) electrons. The van der Waals surface area contributed by atoms with Gasteiger partial charge in [-0.15, -0.1) is 0 Å². The zero-order valence-corrected chi connectivity index (χ0v) is 14.4. The van der Waals surface area contributed by atoms with Crippen molar-refractivity contribution in [2.24, 2.45) is 0 Å². The average molecular weight is 352 g/mol. The molecule has 1 atom stereocenters. The number of hydrogen-bond acceptors (Lipinski definition) is 3. The van der Waals surface area contributed by atoms with Gasteiger partial charge in [-0.25, -0.2) is 4.39 Å². The molecular formula is C20H17FN2O3. The van der Waals surface area contributed by atoms with E-state index in [9.17, 15) is 14.0 Å². The van der Waals surface area contributed by atoms with Crippen LogP contribution in [-0.4, -0.2) is 24.5 Å². The Morgan fingerprint density at radius 1 is 1.12 bits per heavy atom. The summed E-state index contributed by atoms with van der Waals surface area (Å²) in [5.41, 5.74) is 4.26. The fourth-order valence-electron chi connectivity index (χ4n) is 3.52. The largest absolute Gasteiger partial charge is 0.481 e. The molecule has 2 aliphatic heterocycles. The predicted octanol–water partition coefficient (Wildman–Crippen LogP) is 2.89. The van der Waals surface area contributed by atoms with Gasteiger partial charge in [-0.2, -0.15) is 0 Å². The third-order valence-electron chi connectivity index (χ3n) is 4.62. The first-order chi connectivity index (χ1) is 12.4. The van der Waals surface area contributed by atoms with Crippen molar-refractivity contribution in [2.75, 3.05) is 11.9 Å². The fourth-order valence-corrected chi connectivity index (χ4v) is 3.52. The average Bonchev–Trinajstić information content (AvgIpc) is 2.89. The summed E-state index contributed by atoms with van der Waals surface area (Å²) in [4.78, 5) is 24.2. The second-order valence-electron chi connectivity index (χ2n) is 6.50. The highest BCUT2D eigenvalue weighted by atomic mass is 19.1. The predicted molar refractivity (Wildman–Crippen MR) is 96.1 cm³/mol. The standard InChI is InChI=1S/C20H17FN2O3/c1-10-7-13(8-15-19(10)26-9-16(24)23-15)17-11(2)22-20(25)18(17)12-3-5-14(21)6-4-12/h3-8,11H,9H2,1-2H3,(H,22,25)(H,23,24). The third-order valence-corrected chi connectivity index (χ3v) is 4.62. The monoisotopic (exact) mass is 352 g/mol. The Bertz CT molecular complexity index is 964. The molecule has 2 N–H and O–H groups in total. The van der Waals surface area contributed by atoms with E-state index >= 15 is 0 Å². The lowest BCUT2D eigenvalue weighted by Gasteiger charge is -2.22. The van der Waals surface area contributed by atoms with Crippen LogP contribution in [0, 0.1) is 12.7 Å². The van der Waals surface area contributed by atoms with Crippen LogP contribution in [0.1, 0.15) is 23.6 Å². The number of fused-ring (bicyclic) bond motifs is 1. The van der Waals surface area contributed by atoms with Gasteiger partial charge in [0.05, 0.1) is 17.3 Å². The summed E-state index contributed by atoms with van der Waals surface area (Å²) in [7, 11) is 0. The Labute approximate surface area is 149 Å². The maximum Gasteiger partial charge on any atom is 0.262 e. The molecule has 26 heavy (non-hydrogen) atoms. The van der Waals surface area contributed by atoms with Crippen molar-refractivity contribution in [2.45, 2.75) is 19.9 Å². The Hall–Kier alpha value is -3.15. The van der Waals surface area contributed by atoms with Gasteiger partial charge in [0.1, 0.15) is 11.6 Å². The molecule has 2 aromatic carbocycles. The first-order valence-electron chi connectivity index (χ1n) is 8.32. The van der Waals surface area contributed by atoms with Crippen LogP contribution in [0.3, 0.4) is 0 Å². The second-order valence-corrected chi connectivity index (χ2v) is 6.50. The number of anilines is 1. The van der Waals surface area contributed by atoms with Crippen molar-refractivity contribution in [1.29, 1.82) is 0 Å². The molecule has 2 aromatic rings. The van der Waals surface area contributed by atoms with Gasteiger partial charge in [0, 0.05) is 0 Å². The molecule has 0 bridgehead atoms. The lowest BCUT2D eigenvalue weighted by molar-refractivity contribution is -0.118. The van der Waals surface area contributed by atoms with Crippen LogP contribution >= 0.6 is 0 Å². The normalized spacial score (nSPS) is 19.0. The van der Waals surface area contributed by atoms with Crippen LogP contribution in [0.4, 0.5) is 10.1 Å². The summed E-state index contributed by atoms with van der Waals surface area (Å²) in [5.74, 6) is -0.126. The fraction of sp³-hybridized carbons (Fsp3) is 0.200. The van der Waals surface area contributed by atoms with Crippen LogP contribution < -0.4 is 15.4 Å². The van der Waals surface area contributed by atoms with E-state index in [0.29, 0.717) is 22.6 Å². The Morgan fingerprint density at radius 2 is 1.85 bits per heavy atom. The molecule has 0 aromatic heterocycles. The second kappa shape index (κ2) is 5.98. The van der Waals surface area contributed by atoms with E-state index < -0.39 is 0 Å². The minimum atomic E-state index is -0.355. The Balaban J connectivity index is 1.90. The molecule has 2 heterocycles. The maximum atomic E-state index is 13.3. The molecule has 0 saturated heterocycles. The zero-order chi connectivity index (χ0) is 18.4. The van der Waals surface area contributed by atoms with Gasteiger partial charge in [-0.05, 0) is 60.4 Å². The number of aryl methyl sites for hydroxylation is 1. The molecular weight excluding hydrogens is 335 g/mol. The van der Waals surface area contributed by atoms with Gasteiger partial charge < -0.3 is 15.4 Å². The van der Waals surface area contributed by atoms with Crippen LogP contribution in [0.5, 0.6) is 5.75 Å². The first-order valence-corrected chi connectivity index (χ1v) is 8.32. The topological polar surface area (TPSA) is 67.4 Å². The molecule has 4 rings (SSSR count). The van der Waals surface area contributed by atoms with Crippen LogP contribution in [-0.2, 0) is 9.59 Å². The van der Waals surface area contributed by atoms with Gasteiger partial charge in [-0.1, -0.05) is 12.1 Å². The van der Waals surface area contributed by atoms with E-state index in [2.05, 4.69) is 10.6 Å². The number of halogens is 1. The highest BCUT2D eigenvalue weighted by molar-refractivity contribution is 6.31. The molecule has 5 nitrogen and oxygen atoms in total. The summed E-state index contributed by atoms with van der Waals surface area (Å²) in [6.07, 6.45) is 0. The summed E-state index contributed by atoms with van der Waals surface area (Å²) in [6.45, 7) is 3.79. The molecule has 132 valence electrons. The maximum absolute atomic E-state index is 13.3. The van der Waals surface area contributed by atoms with Crippen LogP contribution in [0.15, 0.2) is 36.4 Å². The number of amides is 2. The van der Waals surface area contributed by atoms with Crippen LogP contribution in [0.2, 0.25) is 0 Å². The van der Waals surface area contributed by atoms with Crippen molar-refractivity contribution >= 4 is 28.6 Å². The number of rotatable bonds is 2. The molecule has 6 heteroatoms.